The van der Waals surface area contributed by atoms with Crippen molar-refractivity contribution in [1.29, 1.82) is 0 Å². The molecule has 1 aliphatic heterocycles. The molecule has 0 spiro atoms. The van der Waals surface area contributed by atoms with E-state index < -0.39 is 21.8 Å². The molecule has 2 N–H and O–H groups in total. The minimum absolute atomic E-state index is 0.137. The highest BCUT2D eigenvalue weighted by molar-refractivity contribution is 7.89. The molecule has 172 valence electrons. The summed E-state index contributed by atoms with van der Waals surface area (Å²) in [7, 11) is -2.07. The number of nitrogens with one attached hydrogen (secondary N) is 2. The van der Waals surface area contributed by atoms with Crippen LogP contribution in [0.15, 0.2) is 47.4 Å². The van der Waals surface area contributed by atoms with Crippen LogP contribution in [-0.4, -0.2) is 51.3 Å². The third kappa shape index (κ3) is 5.38. The van der Waals surface area contributed by atoms with Crippen LogP contribution >= 0.6 is 0 Å². The second-order valence-electron chi connectivity index (χ2n) is 7.26. The molecule has 0 radical (unpaired) electrons. The zero-order chi connectivity index (χ0) is 23.1. The molecule has 0 atom stereocenters. The Balaban J connectivity index is 1.61. The maximum absolute atomic E-state index is 12.6. The number of ether oxygens (including phenoxy) is 2. The summed E-state index contributed by atoms with van der Waals surface area (Å²) in [4.78, 5) is 24.9. The van der Waals surface area contributed by atoms with Crippen LogP contribution in [-0.2, 0) is 10.0 Å². The number of carbonyl (C=O) groups excluding carboxylic acids is 2. The van der Waals surface area contributed by atoms with Crippen LogP contribution in [0.4, 0.5) is 0 Å². The minimum Gasteiger partial charge on any atom is -0.493 e. The van der Waals surface area contributed by atoms with Crippen LogP contribution in [0.1, 0.15) is 46.9 Å². The number of rotatable bonds is 8. The maximum atomic E-state index is 12.6. The van der Waals surface area contributed by atoms with E-state index >= 15 is 0 Å². The molecular formula is C22H27N3O6S. The summed E-state index contributed by atoms with van der Waals surface area (Å²) in [5, 5.41) is 0. The number of benzene rings is 2. The van der Waals surface area contributed by atoms with E-state index in [1.807, 2.05) is 6.92 Å². The van der Waals surface area contributed by atoms with E-state index in [0.29, 0.717) is 31.2 Å². The van der Waals surface area contributed by atoms with Crippen molar-refractivity contribution in [2.75, 3.05) is 26.8 Å². The molecule has 0 saturated carbocycles. The van der Waals surface area contributed by atoms with Crippen LogP contribution in [0.3, 0.4) is 0 Å². The van der Waals surface area contributed by atoms with Gasteiger partial charge in [0, 0.05) is 24.2 Å². The van der Waals surface area contributed by atoms with Gasteiger partial charge in [0.2, 0.25) is 10.0 Å². The molecule has 1 fully saturated rings. The van der Waals surface area contributed by atoms with Gasteiger partial charge in [-0.15, -0.1) is 0 Å². The predicted molar refractivity (Wildman–Crippen MR) is 118 cm³/mol. The Hall–Kier alpha value is -3.11. The summed E-state index contributed by atoms with van der Waals surface area (Å²) in [5.41, 5.74) is 5.16. The van der Waals surface area contributed by atoms with E-state index in [0.717, 1.165) is 19.3 Å². The zero-order valence-corrected chi connectivity index (χ0v) is 18.9. The van der Waals surface area contributed by atoms with Crippen molar-refractivity contribution in [3.8, 4) is 11.5 Å². The summed E-state index contributed by atoms with van der Waals surface area (Å²) in [6.07, 6.45) is 2.53. The molecule has 0 aromatic heterocycles. The summed E-state index contributed by atoms with van der Waals surface area (Å²) < 4.78 is 37.4. The highest BCUT2D eigenvalue weighted by Gasteiger charge is 2.27. The Bertz CT molecular complexity index is 1060. The molecule has 3 rings (SSSR count). The molecule has 1 saturated heterocycles. The molecule has 2 aromatic rings. The SMILES string of the molecule is CCCOc1ccc(C(=O)NNC(=O)c2ccc(S(=O)(=O)N3CCCC3)cc2)cc1OC. The molecule has 32 heavy (non-hydrogen) atoms. The largest absolute Gasteiger partial charge is 0.493 e. The quantitative estimate of drug-likeness (QED) is 0.584. The van der Waals surface area contributed by atoms with E-state index in [-0.39, 0.29) is 16.0 Å². The lowest BCUT2D eigenvalue weighted by molar-refractivity contribution is 0.0846. The smallest absolute Gasteiger partial charge is 0.269 e. The van der Waals surface area contributed by atoms with Crippen molar-refractivity contribution < 1.29 is 27.5 Å². The standard InChI is InChI=1S/C22H27N3O6S/c1-3-14-31-19-11-8-17(15-20(19)30-2)22(27)24-23-21(26)16-6-9-18(10-7-16)32(28,29)25-12-4-5-13-25/h6-11,15H,3-5,12-14H2,1-2H3,(H,23,26)(H,24,27). The first-order valence-electron chi connectivity index (χ1n) is 10.4. The van der Waals surface area contributed by atoms with Crippen molar-refractivity contribution in [2.24, 2.45) is 0 Å². The van der Waals surface area contributed by atoms with Gasteiger partial charge < -0.3 is 9.47 Å². The molecule has 9 nitrogen and oxygen atoms in total. The van der Waals surface area contributed by atoms with Crippen molar-refractivity contribution >= 4 is 21.8 Å². The highest BCUT2D eigenvalue weighted by atomic mass is 32.2. The Morgan fingerprint density at radius 2 is 1.53 bits per heavy atom. The first-order valence-corrected chi connectivity index (χ1v) is 11.8. The second kappa shape index (κ2) is 10.5. The van der Waals surface area contributed by atoms with Crippen LogP contribution in [0, 0.1) is 0 Å². The highest BCUT2D eigenvalue weighted by Crippen LogP contribution is 2.28. The van der Waals surface area contributed by atoms with Crippen molar-refractivity contribution in [3.05, 3.63) is 53.6 Å². The number of hydrazine groups is 1. The van der Waals surface area contributed by atoms with Gasteiger partial charge in [0.1, 0.15) is 0 Å². The molecule has 0 bridgehead atoms. The minimum atomic E-state index is -3.55. The Labute approximate surface area is 187 Å². The third-order valence-corrected chi connectivity index (χ3v) is 6.91. The summed E-state index contributed by atoms with van der Waals surface area (Å²) >= 11 is 0. The molecule has 1 aliphatic rings. The first-order chi connectivity index (χ1) is 15.4. The van der Waals surface area contributed by atoms with Gasteiger partial charge in [-0.05, 0) is 61.7 Å². The average molecular weight is 462 g/mol. The van der Waals surface area contributed by atoms with E-state index in [2.05, 4.69) is 10.9 Å². The van der Waals surface area contributed by atoms with Crippen LogP contribution in [0.25, 0.3) is 0 Å². The molecular weight excluding hydrogens is 434 g/mol. The Kier molecular flexibility index (Phi) is 7.70. The molecule has 2 aromatic carbocycles. The zero-order valence-electron chi connectivity index (χ0n) is 18.1. The third-order valence-electron chi connectivity index (χ3n) is 5.00. The van der Waals surface area contributed by atoms with Gasteiger partial charge in [-0.2, -0.15) is 4.31 Å². The summed E-state index contributed by atoms with van der Waals surface area (Å²) in [6, 6.07) is 10.3. The fourth-order valence-electron chi connectivity index (χ4n) is 3.25. The maximum Gasteiger partial charge on any atom is 0.269 e. The van der Waals surface area contributed by atoms with E-state index in [1.54, 1.807) is 12.1 Å². The Morgan fingerprint density at radius 3 is 2.12 bits per heavy atom. The molecule has 10 heteroatoms. The number of carbonyl (C=O) groups is 2. The van der Waals surface area contributed by atoms with Gasteiger partial charge >= 0.3 is 0 Å². The number of hydrogen-bond donors (Lipinski definition) is 2. The Morgan fingerprint density at radius 1 is 0.938 bits per heavy atom. The lowest BCUT2D eigenvalue weighted by Crippen LogP contribution is -2.41. The van der Waals surface area contributed by atoms with E-state index in [9.17, 15) is 18.0 Å². The first kappa shape index (κ1) is 23.6. The van der Waals surface area contributed by atoms with Gasteiger partial charge in [0.25, 0.3) is 11.8 Å². The fraction of sp³-hybridized carbons (Fsp3) is 0.364. The van der Waals surface area contributed by atoms with Crippen molar-refractivity contribution in [1.82, 2.24) is 15.2 Å². The predicted octanol–water partition coefficient (Wildman–Crippen LogP) is 2.34. The van der Waals surface area contributed by atoms with Gasteiger partial charge in [0.05, 0.1) is 18.6 Å². The summed E-state index contributed by atoms with van der Waals surface area (Å²) in [6.45, 7) is 3.52. The number of methoxy groups -OCH3 is 1. The molecule has 1 heterocycles. The lowest BCUT2D eigenvalue weighted by Gasteiger charge is -2.15. The number of amides is 2. The lowest BCUT2D eigenvalue weighted by atomic mass is 10.2. The van der Waals surface area contributed by atoms with Crippen LogP contribution in [0.5, 0.6) is 11.5 Å². The molecule has 0 aliphatic carbocycles. The van der Waals surface area contributed by atoms with Gasteiger partial charge in [-0.1, -0.05) is 6.92 Å². The normalized spacial score (nSPS) is 14.1. The van der Waals surface area contributed by atoms with Gasteiger partial charge in [-0.3, -0.25) is 20.4 Å². The number of nitrogens with zero attached hydrogens (tertiary/aromatic N) is 1. The molecule has 2 amide bonds. The van der Waals surface area contributed by atoms with Crippen LogP contribution < -0.4 is 20.3 Å². The van der Waals surface area contributed by atoms with E-state index in [4.69, 9.17) is 9.47 Å². The van der Waals surface area contributed by atoms with Gasteiger partial charge in [-0.25, -0.2) is 8.42 Å². The number of hydrogen-bond acceptors (Lipinski definition) is 6. The fourth-order valence-corrected chi connectivity index (χ4v) is 4.77. The summed E-state index contributed by atoms with van der Waals surface area (Å²) in [5.74, 6) is -0.170. The van der Waals surface area contributed by atoms with Crippen molar-refractivity contribution in [2.45, 2.75) is 31.1 Å². The number of sulfonamides is 1. The van der Waals surface area contributed by atoms with Crippen molar-refractivity contribution in [3.63, 3.8) is 0 Å². The topological polar surface area (TPSA) is 114 Å². The molecule has 0 unspecified atom stereocenters. The van der Waals surface area contributed by atoms with E-state index in [1.165, 1.54) is 41.7 Å². The average Bonchev–Trinajstić information content (AvgIpc) is 3.37. The van der Waals surface area contributed by atoms with Gasteiger partial charge in [0.15, 0.2) is 11.5 Å². The monoisotopic (exact) mass is 461 g/mol. The second-order valence-corrected chi connectivity index (χ2v) is 9.20. The van der Waals surface area contributed by atoms with Crippen LogP contribution in [0.2, 0.25) is 0 Å².